The lowest BCUT2D eigenvalue weighted by Crippen LogP contribution is -2.58. The second kappa shape index (κ2) is 25.0. The molecular weight excluding hydrogens is 1010 g/mol. The molecular formula is C55H72ClN9O8S2. The van der Waals surface area contributed by atoms with E-state index in [1.54, 1.807) is 49.4 Å². The summed E-state index contributed by atoms with van der Waals surface area (Å²) >= 11 is 8.11. The molecule has 0 bridgehead atoms. The van der Waals surface area contributed by atoms with Crippen LogP contribution < -0.4 is 26.0 Å². The van der Waals surface area contributed by atoms with E-state index in [9.17, 15) is 27.9 Å². The Kier molecular flexibility index (Phi) is 19.0. The zero-order valence-electron chi connectivity index (χ0n) is 44.4. The molecule has 75 heavy (non-hydrogen) atoms. The average Bonchev–Trinajstić information content (AvgIpc) is 3.99. The van der Waals surface area contributed by atoms with Crippen molar-refractivity contribution in [2.75, 3.05) is 50.0 Å². The first-order valence-corrected chi connectivity index (χ1v) is 28.4. The van der Waals surface area contributed by atoms with Crippen LogP contribution in [0.5, 0.6) is 5.75 Å². The van der Waals surface area contributed by atoms with E-state index in [0.29, 0.717) is 29.6 Å². The Morgan fingerprint density at radius 1 is 0.960 bits per heavy atom. The molecule has 404 valence electrons. The van der Waals surface area contributed by atoms with Gasteiger partial charge in [-0.2, -0.15) is 4.98 Å². The smallest absolute Gasteiger partial charge is 0.246 e. The average molecular weight is 1090 g/mol. The Bertz CT molecular complexity index is 2900. The first kappa shape index (κ1) is 57.0. The molecule has 0 saturated carbocycles. The van der Waals surface area contributed by atoms with Crippen molar-refractivity contribution < 1.29 is 37.4 Å². The maximum absolute atomic E-state index is 14.1. The van der Waals surface area contributed by atoms with E-state index in [-0.39, 0.29) is 59.8 Å². The quantitative estimate of drug-likeness (QED) is 0.0435. The van der Waals surface area contributed by atoms with Crippen molar-refractivity contribution in [3.63, 3.8) is 0 Å². The van der Waals surface area contributed by atoms with Gasteiger partial charge in [-0.25, -0.2) is 18.4 Å². The fraction of sp³-hybridized carbons (Fsp3) is 0.491. The highest BCUT2D eigenvalue weighted by Crippen LogP contribution is 2.39. The number of aryl methyl sites for hydroxylation is 2. The molecule has 7 rings (SSSR count). The van der Waals surface area contributed by atoms with Crippen molar-refractivity contribution >= 4 is 73.6 Å². The van der Waals surface area contributed by atoms with Crippen molar-refractivity contribution in [2.45, 2.75) is 135 Å². The standard InChI is InChI=1S/C55H72ClN9O8S2/c1-33(2)73-46-27-41(35(5)25-44(46)61-54-58-29-42(56)51(63-54)60-43-13-10-11-14-47(43)75(70,71)34(3)4)38-19-22-64(23-20-38)21-12-24-72-31-48(67)62-50(55(7,8)9)53(69)65-30-40(66)26-45(65)52(68)57-28-37-15-17-39(18-16-37)49-36(6)59-32-74-49/h10-11,13-18,25,27,29,32-34,38,40,45,50,66H,12,19-24,26,28,30-31H2,1-9H3,(H,57,68)(H,62,67)(H2,58,60,61,63). The van der Waals surface area contributed by atoms with Crippen LogP contribution in [-0.2, 0) is 35.5 Å². The number of aliphatic hydroxyl groups is 1. The number of aliphatic hydroxyl groups excluding tert-OH is 1. The molecule has 3 aromatic carbocycles. The van der Waals surface area contributed by atoms with Crippen molar-refractivity contribution in [3.05, 3.63) is 99.8 Å². The van der Waals surface area contributed by atoms with Gasteiger partial charge in [-0.1, -0.05) is 68.8 Å². The summed E-state index contributed by atoms with van der Waals surface area (Å²) in [6, 6.07) is 16.9. The molecule has 2 fully saturated rings. The summed E-state index contributed by atoms with van der Waals surface area (Å²) in [4.78, 5) is 59.3. The fourth-order valence-electron chi connectivity index (χ4n) is 9.43. The van der Waals surface area contributed by atoms with Crippen LogP contribution in [-0.4, -0.2) is 125 Å². The number of rotatable bonds is 21. The van der Waals surface area contributed by atoms with E-state index in [1.807, 2.05) is 77.4 Å². The molecule has 4 heterocycles. The van der Waals surface area contributed by atoms with Gasteiger partial charge in [-0.05, 0) is 132 Å². The minimum absolute atomic E-state index is 0.0107. The summed E-state index contributed by atoms with van der Waals surface area (Å²) in [5.41, 5.74) is 7.38. The van der Waals surface area contributed by atoms with E-state index in [2.05, 4.69) is 54.1 Å². The number of anilines is 4. The van der Waals surface area contributed by atoms with E-state index in [0.717, 1.165) is 66.2 Å². The molecule has 0 aliphatic carbocycles. The summed E-state index contributed by atoms with van der Waals surface area (Å²) in [5, 5.41) is 22.5. The summed E-state index contributed by atoms with van der Waals surface area (Å²) in [5.74, 6) is 0.248. The van der Waals surface area contributed by atoms with Gasteiger partial charge in [0.25, 0.3) is 0 Å². The number of hydrogen-bond acceptors (Lipinski definition) is 15. The van der Waals surface area contributed by atoms with E-state index in [1.165, 1.54) is 16.7 Å². The molecule has 2 saturated heterocycles. The minimum Gasteiger partial charge on any atom is -0.489 e. The van der Waals surface area contributed by atoms with Gasteiger partial charge >= 0.3 is 0 Å². The maximum Gasteiger partial charge on any atom is 0.246 e. The lowest BCUT2D eigenvalue weighted by atomic mass is 9.85. The van der Waals surface area contributed by atoms with Gasteiger partial charge in [0.15, 0.2) is 15.7 Å². The number of likely N-dealkylation sites (tertiary alicyclic amines) is 2. The Hall–Kier alpha value is -5.70. The number of sulfone groups is 1. The molecule has 17 nitrogen and oxygen atoms in total. The van der Waals surface area contributed by atoms with E-state index in [4.69, 9.17) is 21.1 Å². The van der Waals surface area contributed by atoms with Crippen LogP contribution in [0.2, 0.25) is 5.02 Å². The predicted molar refractivity (Wildman–Crippen MR) is 295 cm³/mol. The van der Waals surface area contributed by atoms with Crippen LogP contribution in [0.25, 0.3) is 10.4 Å². The zero-order valence-corrected chi connectivity index (χ0v) is 46.8. The van der Waals surface area contributed by atoms with Gasteiger partial charge in [0.05, 0.1) is 56.0 Å². The number of β-amino-alcohol motifs (C(OH)–C–C–N with tert-alkyl or cyclic N) is 1. The molecule has 3 atom stereocenters. The number of amides is 3. The highest BCUT2D eigenvalue weighted by atomic mass is 35.5. The number of nitrogens with one attached hydrogen (secondary N) is 4. The molecule has 20 heteroatoms. The highest BCUT2D eigenvalue weighted by Gasteiger charge is 2.44. The maximum atomic E-state index is 14.1. The monoisotopic (exact) mass is 1090 g/mol. The number of aromatic nitrogens is 3. The van der Waals surface area contributed by atoms with Gasteiger partial charge in [-0.15, -0.1) is 11.3 Å². The Morgan fingerprint density at radius 3 is 2.35 bits per heavy atom. The molecule has 5 aromatic rings. The Morgan fingerprint density at radius 2 is 1.68 bits per heavy atom. The number of para-hydroxylation sites is 1. The third kappa shape index (κ3) is 14.6. The lowest BCUT2D eigenvalue weighted by Gasteiger charge is -2.35. The van der Waals surface area contributed by atoms with Crippen molar-refractivity contribution in [1.82, 2.24) is 35.4 Å². The number of carbonyl (C=O) groups is 3. The third-order valence-corrected chi connectivity index (χ3v) is 17.0. The van der Waals surface area contributed by atoms with Crippen LogP contribution in [0.4, 0.5) is 23.1 Å². The van der Waals surface area contributed by atoms with Gasteiger partial charge in [0.2, 0.25) is 23.7 Å². The molecule has 2 aromatic heterocycles. The van der Waals surface area contributed by atoms with Gasteiger partial charge in [0, 0.05) is 32.7 Å². The summed E-state index contributed by atoms with van der Waals surface area (Å²) < 4.78 is 38.4. The van der Waals surface area contributed by atoms with Crippen LogP contribution in [0.1, 0.15) is 102 Å². The normalized spacial score (nSPS) is 17.1. The minimum atomic E-state index is -3.59. The first-order valence-electron chi connectivity index (χ1n) is 25.6. The van der Waals surface area contributed by atoms with Crippen LogP contribution in [0.3, 0.4) is 0 Å². The van der Waals surface area contributed by atoms with Crippen molar-refractivity contribution in [1.29, 1.82) is 0 Å². The fourth-order valence-corrected chi connectivity index (χ4v) is 11.6. The predicted octanol–water partition coefficient (Wildman–Crippen LogP) is 8.72. The second-order valence-corrected chi connectivity index (χ2v) is 24.8. The molecule has 0 spiro atoms. The van der Waals surface area contributed by atoms with Crippen LogP contribution in [0.15, 0.2) is 77.3 Å². The van der Waals surface area contributed by atoms with Crippen LogP contribution >= 0.6 is 22.9 Å². The lowest BCUT2D eigenvalue weighted by molar-refractivity contribution is -0.144. The number of nitrogens with zero attached hydrogens (tertiary/aromatic N) is 5. The highest BCUT2D eigenvalue weighted by molar-refractivity contribution is 7.92. The molecule has 5 N–H and O–H groups in total. The van der Waals surface area contributed by atoms with Crippen molar-refractivity contribution in [3.8, 4) is 16.2 Å². The molecule has 2 aliphatic heterocycles. The second-order valence-electron chi connectivity index (χ2n) is 21.1. The first-order chi connectivity index (χ1) is 35.6. The summed E-state index contributed by atoms with van der Waals surface area (Å²) in [7, 11) is -3.59. The SMILES string of the molecule is Cc1cc(Nc2ncc(Cl)c(Nc3ccccc3S(=O)(=O)C(C)C)n2)c(OC(C)C)cc1C1CCN(CCCOCC(=O)NC(C(=O)N2CC(O)CC2C(=O)NCc2ccc(-c3scnc3C)cc2)C(C)(C)C)CC1. The number of carbonyl (C=O) groups excluding carboxylic acids is 3. The molecule has 3 amide bonds. The topological polar surface area (TPSA) is 217 Å². The summed E-state index contributed by atoms with van der Waals surface area (Å²) in [6.07, 6.45) is 3.19. The third-order valence-electron chi connectivity index (χ3n) is 13.5. The van der Waals surface area contributed by atoms with Gasteiger partial charge in [0.1, 0.15) is 29.5 Å². The zero-order chi connectivity index (χ0) is 54.2. The van der Waals surface area contributed by atoms with Gasteiger partial charge < -0.3 is 45.6 Å². The van der Waals surface area contributed by atoms with E-state index < -0.39 is 50.5 Å². The number of piperidine rings is 1. The number of hydrogen-bond donors (Lipinski definition) is 5. The number of ether oxygens (including phenoxy) is 2. The number of thiazole rings is 1. The van der Waals surface area contributed by atoms with Crippen LogP contribution in [0, 0.1) is 19.3 Å². The largest absolute Gasteiger partial charge is 0.489 e. The Labute approximate surface area is 450 Å². The Balaban J connectivity index is 0.874. The molecule has 0 radical (unpaired) electrons. The molecule has 3 unspecified atom stereocenters. The van der Waals surface area contributed by atoms with Crippen molar-refractivity contribution in [2.24, 2.45) is 5.41 Å². The number of benzene rings is 3. The number of halogens is 1. The summed E-state index contributed by atoms with van der Waals surface area (Å²) in [6.45, 7) is 19.8. The van der Waals surface area contributed by atoms with E-state index >= 15 is 0 Å². The molecule has 2 aliphatic rings. The van der Waals surface area contributed by atoms with Gasteiger partial charge in [-0.3, -0.25) is 14.4 Å².